The molecule has 0 radical (unpaired) electrons. The quantitative estimate of drug-likeness (QED) is 0.846. The molecule has 3 rings (SSSR count). The zero-order valence-corrected chi connectivity index (χ0v) is 10.5. The minimum absolute atomic E-state index is 0.0947. The van der Waals surface area contributed by atoms with Crippen molar-refractivity contribution in [2.45, 2.75) is 44.1 Å². The Morgan fingerprint density at radius 2 is 1.94 bits per heavy atom. The summed E-state index contributed by atoms with van der Waals surface area (Å²) in [6.45, 7) is 2.22. The van der Waals surface area contributed by atoms with Crippen molar-refractivity contribution in [2.24, 2.45) is 5.73 Å². The second kappa shape index (κ2) is 4.34. The van der Waals surface area contributed by atoms with E-state index in [1.165, 1.54) is 56.3 Å². The molecule has 1 aliphatic heterocycles. The number of rotatable bonds is 2. The molecule has 2 heteroatoms. The van der Waals surface area contributed by atoms with Crippen molar-refractivity contribution in [3.8, 4) is 0 Å². The molecule has 1 aromatic carbocycles. The fourth-order valence-electron chi connectivity index (χ4n) is 3.10. The highest BCUT2D eigenvalue weighted by Gasteiger charge is 2.34. The van der Waals surface area contributed by atoms with E-state index in [0.717, 1.165) is 6.54 Å². The highest BCUT2D eigenvalue weighted by molar-refractivity contribution is 5.54. The van der Waals surface area contributed by atoms with Crippen LogP contribution in [0.5, 0.6) is 0 Å². The summed E-state index contributed by atoms with van der Waals surface area (Å²) in [5.41, 5.74) is 9.43. The molecule has 0 aromatic heterocycles. The number of nitrogens with zero attached hydrogens (tertiary/aromatic N) is 1. The lowest BCUT2D eigenvalue weighted by molar-refractivity contribution is 0.252. The molecule has 17 heavy (non-hydrogen) atoms. The highest BCUT2D eigenvalue weighted by atomic mass is 15.2. The highest BCUT2D eigenvalue weighted by Crippen LogP contribution is 2.33. The van der Waals surface area contributed by atoms with Crippen LogP contribution in [0, 0.1) is 0 Å². The van der Waals surface area contributed by atoms with Gasteiger partial charge < -0.3 is 10.6 Å². The first-order chi connectivity index (χ1) is 8.27. The van der Waals surface area contributed by atoms with E-state index in [0.29, 0.717) is 0 Å². The van der Waals surface area contributed by atoms with Crippen LogP contribution in [-0.2, 0) is 6.42 Å². The average Bonchev–Trinajstić information content (AvgIpc) is 2.50. The Hall–Kier alpha value is -1.02. The van der Waals surface area contributed by atoms with Crippen LogP contribution < -0.4 is 10.6 Å². The van der Waals surface area contributed by atoms with Crippen molar-refractivity contribution >= 4 is 5.69 Å². The molecule has 2 aliphatic rings. The summed E-state index contributed by atoms with van der Waals surface area (Å²) in [7, 11) is 0. The van der Waals surface area contributed by atoms with Gasteiger partial charge in [0.15, 0.2) is 0 Å². The molecule has 2 nitrogen and oxygen atoms in total. The zero-order chi connectivity index (χ0) is 11.7. The van der Waals surface area contributed by atoms with Crippen LogP contribution in [0.4, 0.5) is 5.69 Å². The molecule has 1 aromatic rings. The molecule has 0 atom stereocenters. The Labute approximate surface area is 104 Å². The normalized spacial score (nSPS) is 22.5. The van der Waals surface area contributed by atoms with Gasteiger partial charge in [0, 0.05) is 24.3 Å². The molecule has 1 heterocycles. The predicted octanol–water partition coefficient (Wildman–Crippen LogP) is 2.71. The minimum atomic E-state index is 0.0947. The van der Waals surface area contributed by atoms with E-state index in [9.17, 15) is 0 Å². The second-order valence-electron chi connectivity index (χ2n) is 5.72. The third-order valence-corrected chi connectivity index (χ3v) is 4.31. The average molecular weight is 230 g/mol. The Morgan fingerprint density at radius 3 is 2.71 bits per heavy atom. The minimum Gasteiger partial charge on any atom is -0.369 e. The molecule has 1 saturated carbocycles. The van der Waals surface area contributed by atoms with Crippen molar-refractivity contribution in [3.05, 3.63) is 29.8 Å². The first-order valence-corrected chi connectivity index (χ1v) is 6.89. The van der Waals surface area contributed by atoms with Gasteiger partial charge in [0.25, 0.3) is 0 Å². The van der Waals surface area contributed by atoms with Crippen molar-refractivity contribution in [3.63, 3.8) is 0 Å². The standard InChI is InChI=1S/C15H22N2/c16-15(9-5-10-15)12-17-11-4-3-7-13-6-1-2-8-14(13)17/h1-2,6,8H,3-5,7,9-12,16H2. The summed E-state index contributed by atoms with van der Waals surface area (Å²) in [6.07, 6.45) is 7.55. The summed E-state index contributed by atoms with van der Waals surface area (Å²) in [5, 5.41) is 0. The monoisotopic (exact) mass is 230 g/mol. The number of para-hydroxylation sites is 1. The topological polar surface area (TPSA) is 29.3 Å². The number of hydrogen-bond donors (Lipinski definition) is 1. The van der Waals surface area contributed by atoms with Crippen molar-refractivity contribution in [1.29, 1.82) is 0 Å². The number of nitrogens with two attached hydrogens (primary N) is 1. The third-order valence-electron chi connectivity index (χ3n) is 4.31. The van der Waals surface area contributed by atoms with Gasteiger partial charge >= 0.3 is 0 Å². The molecule has 0 unspecified atom stereocenters. The Balaban J connectivity index is 1.84. The fourth-order valence-corrected chi connectivity index (χ4v) is 3.10. The number of benzene rings is 1. The van der Waals surface area contributed by atoms with Crippen molar-refractivity contribution in [1.82, 2.24) is 0 Å². The third kappa shape index (κ3) is 2.19. The van der Waals surface area contributed by atoms with Crippen molar-refractivity contribution < 1.29 is 0 Å². The van der Waals surface area contributed by atoms with Crippen LogP contribution in [0.1, 0.15) is 37.7 Å². The van der Waals surface area contributed by atoms with Gasteiger partial charge in [0.05, 0.1) is 0 Å². The largest absolute Gasteiger partial charge is 0.369 e. The molecule has 2 N–H and O–H groups in total. The van der Waals surface area contributed by atoms with Gasteiger partial charge in [-0.15, -0.1) is 0 Å². The van der Waals surface area contributed by atoms with E-state index in [1.807, 2.05) is 0 Å². The maximum absolute atomic E-state index is 6.40. The predicted molar refractivity (Wildman–Crippen MR) is 72.4 cm³/mol. The zero-order valence-electron chi connectivity index (χ0n) is 10.5. The molecular formula is C15H22N2. The van der Waals surface area contributed by atoms with E-state index in [4.69, 9.17) is 5.73 Å². The number of hydrogen-bond acceptors (Lipinski definition) is 2. The molecule has 1 fully saturated rings. The van der Waals surface area contributed by atoms with E-state index < -0.39 is 0 Å². The first kappa shape index (κ1) is 11.1. The fraction of sp³-hybridized carbons (Fsp3) is 0.600. The summed E-state index contributed by atoms with van der Waals surface area (Å²) in [6, 6.07) is 8.85. The van der Waals surface area contributed by atoms with Gasteiger partial charge in [-0.1, -0.05) is 18.2 Å². The molecule has 0 spiro atoms. The number of aryl methyl sites for hydroxylation is 1. The molecule has 1 aliphatic carbocycles. The molecule has 0 saturated heterocycles. The smallest absolute Gasteiger partial charge is 0.0399 e. The van der Waals surface area contributed by atoms with E-state index in [1.54, 1.807) is 0 Å². The molecule has 0 amide bonds. The van der Waals surface area contributed by atoms with E-state index >= 15 is 0 Å². The number of fused-ring (bicyclic) bond motifs is 1. The summed E-state index contributed by atoms with van der Waals surface area (Å²) in [4.78, 5) is 2.53. The SMILES string of the molecule is NC1(CN2CCCCc3ccccc32)CCC1. The van der Waals surface area contributed by atoms with Crippen LogP contribution in [0.3, 0.4) is 0 Å². The first-order valence-electron chi connectivity index (χ1n) is 6.89. The van der Waals surface area contributed by atoms with E-state index in [-0.39, 0.29) is 5.54 Å². The summed E-state index contributed by atoms with van der Waals surface area (Å²) < 4.78 is 0. The van der Waals surface area contributed by atoms with E-state index in [2.05, 4.69) is 29.2 Å². The lowest BCUT2D eigenvalue weighted by Gasteiger charge is -2.42. The molecule has 0 bridgehead atoms. The second-order valence-corrected chi connectivity index (χ2v) is 5.72. The van der Waals surface area contributed by atoms with Crippen LogP contribution >= 0.6 is 0 Å². The number of anilines is 1. The van der Waals surface area contributed by atoms with Crippen molar-refractivity contribution in [2.75, 3.05) is 18.0 Å². The van der Waals surface area contributed by atoms with Crippen LogP contribution in [-0.4, -0.2) is 18.6 Å². The maximum atomic E-state index is 6.40. The van der Waals surface area contributed by atoms with Crippen LogP contribution in [0.25, 0.3) is 0 Å². The van der Waals surface area contributed by atoms with Gasteiger partial charge in [-0.05, 0) is 50.2 Å². The van der Waals surface area contributed by atoms with Gasteiger partial charge in [-0.2, -0.15) is 0 Å². The lowest BCUT2D eigenvalue weighted by Crippen LogP contribution is -2.55. The van der Waals surface area contributed by atoms with Crippen LogP contribution in [0.2, 0.25) is 0 Å². The van der Waals surface area contributed by atoms with Gasteiger partial charge in [-0.25, -0.2) is 0 Å². The Morgan fingerprint density at radius 1 is 1.12 bits per heavy atom. The molecule has 92 valence electrons. The Bertz CT molecular complexity index is 396. The van der Waals surface area contributed by atoms with Gasteiger partial charge in [0.1, 0.15) is 0 Å². The van der Waals surface area contributed by atoms with Crippen LogP contribution in [0.15, 0.2) is 24.3 Å². The maximum Gasteiger partial charge on any atom is 0.0399 e. The Kier molecular flexibility index (Phi) is 2.83. The summed E-state index contributed by atoms with van der Waals surface area (Å²) in [5.74, 6) is 0. The lowest BCUT2D eigenvalue weighted by atomic mass is 9.77. The van der Waals surface area contributed by atoms with Gasteiger partial charge in [-0.3, -0.25) is 0 Å². The summed E-state index contributed by atoms with van der Waals surface area (Å²) >= 11 is 0. The van der Waals surface area contributed by atoms with Gasteiger partial charge in [0.2, 0.25) is 0 Å². The molecular weight excluding hydrogens is 208 g/mol.